The van der Waals surface area contributed by atoms with Crippen molar-refractivity contribution in [3.8, 4) is 0 Å². The van der Waals surface area contributed by atoms with E-state index in [0.717, 1.165) is 0 Å². The van der Waals surface area contributed by atoms with E-state index in [1.807, 2.05) is 0 Å². The Hall–Kier alpha value is -1.07. The average molecular weight is 245 g/mol. The van der Waals surface area contributed by atoms with Crippen LogP contribution in [0.4, 0.5) is 5.82 Å². The van der Waals surface area contributed by atoms with Gasteiger partial charge in [0, 0.05) is 11.6 Å². The third-order valence-corrected chi connectivity index (χ3v) is 3.61. The summed E-state index contributed by atoms with van der Waals surface area (Å²) >= 11 is 5.67. The van der Waals surface area contributed by atoms with Gasteiger partial charge in [0.2, 0.25) is 0 Å². The first-order valence-electron chi connectivity index (χ1n) is 4.34. The van der Waals surface area contributed by atoms with Crippen LogP contribution in [0.3, 0.4) is 0 Å². The van der Waals surface area contributed by atoms with Crippen LogP contribution in [0.15, 0.2) is 29.8 Å². The molecular formula is C9H9ClN2O2S. The smallest absolute Gasteiger partial charge is 0.173 e. The predicted molar refractivity (Wildman–Crippen MR) is 59.6 cm³/mol. The molecule has 1 aromatic rings. The van der Waals surface area contributed by atoms with Crippen LogP contribution in [0.2, 0.25) is 5.02 Å². The SMILES string of the molecule is O=S1(=O)C=CC(Nc2ccc(Cl)cn2)C1. The first-order chi connectivity index (χ1) is 7.05. The largest absolute Gasteiger partial charge is 0.363 e. The molecule has 1 atom stereocenters. The number of rotatable bonds is 2. The molecule has 1 aliphatic heterocycles. The highest BCUT2D eigenvalue weighted by Crippen LogP contribution is 2.15. The lowest BCUT2D eigenvalue weighted by molar-refractivity contribution is 0.605. The molecule has 0 bridgehead atoms. The molecule has 1 aliphatic rings. The van der Waals surface area contributed by atoms with Gasteiger partial charge in [-0.05, 0) is 18.2 Å². The van der Waals surface area contributed by atoms with Crippen molar-refractivity contribution in [3.63, 3.8) is 0 Å². The summed E-state index contributed by atoms with van der Waals surface area (Å²) in [6.07, 6.45) is 3.13. The van der Waals surface area contributed by atoms with Crippen LogP contribution in [-0.4, -0.2) is 25.2 Å². The first-order valence-corrected chi connectivity index (χ1v) is 6.43. The normalized spacial score (nSPS) is 22.9. The van der Waals surface area contributed by atoms with E-state index in [1.165, 1.54) is 11.6 Å². The summed E-state index contributed by atoms with van der Waals surface area (Å²) < 4.78 is 22.2. The van der Waals surface area contributed by atoms with Crippen molar-refractivity contribution < 1.29 is 8.42 Å². The van der Waals surface area contributed by atoms with Gasteiger partial charge >= 0.3 is 0 Å². The van der Waals surface area contributed by atoms with E-state index in [9.17, 15) is 8.42 Å². The number of nitrogens with one attached hydrogen (secondary N) is 1. The zero-order chi connectivity index (χ0) is 10.9. The molecule has 0 aromatic carbocycles. The van der Waals surface area contributed by atoms with Crippen molar-refractivity contribution in [2.24, 2.45) is 0 Å². The van der Waals surface area contributed by atoms with Crippen LogP contribution in [-0.2, 0) is 9.84 Å². The fraction of sp³-hybridized carbons (Fsp3) is 0.222. The number of sulfone groups is 1. The quantitative estimate of drug-likeness (QED) is 0.856. The van der Waals surface area contributed by atoms with Gasteiger partial charge in [0.15, 0.2) is 9.84 Å². The minimum Gasteiger partial charge on any atom is -0.363 e. The van der Waals surface area contributed by atoms with Crippen molar-refractivity contribution in [3.05, 3.63) is 34.8 Å². The Labute approximate surface area is 92.9 Å². The Morgan fingerprint density at radius 1 is 1.47 bits per heavy atom. The average Bonchev–Trinajstić information content (AvgIpc) is 2.50. The molecule has 1 N–H and O–H groups in total. The fourth-order valence-corrected chi connectivity index (χ4v) is 2.66. The molecule has 15 heavy (non-hydrogen) atoms. The van der Waals surface area contributed by atoms with E-state index < -0.39 is 9.84 Å². The molecule has 0 saturated carbocycles. The number of nitrogens with zero attached hydrogens (tertiary/aromatic N) is 1. The molecule has 0 fully saturated rings. The van der Waals surface area contributed by atoms with Gasteiger partial charge in [0.05, 0.1) is 16.8 Å². The van der Waals surface area contributed by atoms with Crippen molar-refractivity contribution in [2.75, 3.05) is 11.1 Å². The van der Waals surface area contributed by atoms with E-state index in [-0.39, 0.29) is 11.8 Å². The third-order valence-electron chi connectivity index (χ3n) is 1.99. The summed E-state index contributed by atoms with van der Waals surface area (Å²) in [4.78, 5) is 4.02. The maximum absolute atomic E-state index is 11.1. The van der Waals surface area contributed by atoms with Crippen LogP contribution in [0.25, 0.3) is 0 Å². The Kier molecular flexibility index (Phi) is 2.67. The standard InChI is InChI=1S/C9H9ClN2O2S/c10-7-1-2-9(11-5-7)12-8-3-4-15(13,14)6-8/h1-5,8H,6H2,(H,11,12). The lowest BCUT2D eigenvalue weighted by atomic mass is 10.3. The van der Waals surface area contributed by atoms with E-state index in [2.05, 4.69) is 10.3 Å². The highest BCUT2D eigenvalue weighted by atomic mass is 35.5. The van der Waals surface area contributed by atoms with Crippen LogP contribution >= 0.6 is 11.6 Å². The monoisotopic (exact) mass is 244 g/mol. The number of aromatic nitrogens is 1. The molecule has 2 heterocycles. The van der Waals surface area contributed by atoms with Crippen molar-refractivity contribution in [2.45, 2.75) is 6.04 Å². The molecule has 80 valence electrons. The second kappa shape index (κ2) is 3.83. The first kappa shape index (κ1) is 10.4. The van der Waals surface area contributed by atoms with E-state index in [4.69, 9.17) is 11.6 Å². The van der Waals surface area contributed by atoms with E-state index in [1.54, 1.807) is 18.2 Å². The molecule has 4 nitrogen and oxygen atoms in total. The minimum atomic E-state index is -3.02. The Balaban J connectivity index is 2.05. The molecule has 1 unspecified atom stereocenters. The highest BCUT2D eigenvalue weighted by molar-refractivity contribution is 7.94. The van der Waals surface area contributed by atoms with Gasteiger partial charge in [-0.2, -0.15) is 0 Å². The maximum atomic E-state index is 11.1. The van der Waals surface area contributed by atoms with Crippen LogP contribution in [0.1, 0.15) is 0 Å². The van der Waals surface area contributed by atoms with Crippen molar-refractivity contribution >= 4 is 27.3 Å². The summed E-state index contributed by atoms with van der Waals surface area (Å²) in [7, 11) is -3.02. The second-order valence-corrected chi connectivity index (χ2v) is 5.64. The zero-order valence-electron chi connectivity index (χ0n) is 7.72. The zero-order valence-corrected chi connectivity index (χ0v) is 9.29. The summed E-state index contributed by atoms with van der Waals surface area (Å²) in [6.45, 7) is 0. The molecule has 1 aromatic heterocycles. The molecule has 6 heteroatoms. The van der Waals surface area contributed by atoms with Gasteiger partial charge in [-0.25, -0.2) is 13.4 Å². The Bertz CT molecular complexity index is 481. The Morgan fingerprint density at radius 2 is 2.27 bits per heavy atom. The van der Waals surface area contributed by atoms with Gasteiger partial charge in [-0.3, -0.25) is 0 Å². The summed E-state index contributed by atoms with van der Waals surface area (Å²) in [6, 6.07) is 3.20. The van der Waals surface area contributed by atoms with E-state index >= 15 is 0 Å². The van der Waals surface area contributed by atoms with Gasteiger partial charge in [-0.1, -0.05) is 11.6 Å². The number of halogens is 1. The number of pyridine rings is 1. The van der Waals surface area contributed by atoms with Crippen molar-refractivity contribution in [1.29, 1.82) is 0 Å². The van der Waals surface area contributed by atoms with Gasteiger partial charge in [0.25, 0.3) is 0 Å². The highest BCUT2D eigenvalue weighted by Gasteiger charge is 2.21. The third kappa shape index (κ3) is 2.70. The van der Waals surface area contributed by atoms with Gasteiger partial charge in [-0.15, -0.1) is 0 Å². The summed E-state index contributed by atoms with van der Waals surface area (Å²) in [5.74, 6) is 0.697. The van der Waals surface area contributed by atoms with Gasteiger partial charge in [0.1, 0.15) is 5.82 Å². The molecule has 0 radical (unpaired) electrons. The van der Waals surface area contributed by atoms with Crippen LogP contribution in [0, 0.1) is 0 Å². The number of hydrogen-bond acceptors (Lipinski definition) is 4. The summed E-state index contributed by atoms with van der Waals surface area (Å²) in [5, 5.41) is 4.76. The van der Waals surface area contributed by atoms with Crippen molar-refractivity contribution in [1.82, 2.24) is 4.98 Å². The molecular weight excluding hydrogens is 236 g/mol. The van der Waals surface area contributed by atoms with Crippen LogP contribution < -0.4 is 5.32 Å². The molecule has 0 aliphatic carbocycles. The number of hydrogen-bond donors (Lipinski definition) is 1. The minimum absolute atomic E-state index is 0.0807. The van der Waals surface area contributed by atoms with Gasteiger partial charge < -0.3 is 5.32 Å². The predicted octanol–water partition coefficient (Wildman–Crippen LogP) is 1.46. The van der Waals surface area contributed by atoms with Crippen LogP contribution in [0.5, 0.6) is 0 Å². The topological polar surface area (TPSA) is 59.1 Å². The molecule has 0 saturated heterocycles. The molecule has 0 spiro atoms. The maximum Gasteiger partial charge on any atom is 0.173 e. The lowest BCUT2D eigenvalue weighted by Crippen LogP contribution is -2.21. The van der Waals surface area contributed by atoms with E-state index in [0.29, 0.717) is 10.8 Å². The molecule has 0 amide bonds. The Morgan fingerprint density at radius 3 is 2.80 bits per heavy atom. The fourth-order valence-electron chi connectivity index (χ4n) is 1.32. The molecule has 2 rings (SSSR count). The number of anilines is 1. The summed E-state index contributed by atoms with van der Waals surface area (Å²) in [5.41, 5.74) is 0. The lowest BCUT2D eigenvalue weighted by Gasteiger charge is -2.09. The second-order valence-electron chi connectivity index (χ2n) is 3.27.